The molecule has 1 aromatic heterocycles. The summed E-state index contributed by atoms with van der Waals surface area (Å²) in [6.45, 7) is 4.09. The van der Waals surface area contributed by atoms with Crippen molar-refractivity contribution in [1.82, 2.24) is 15.1 Å². The van der Waals surface area contributed by atoms with Crippen molar-refractivity contribution in [3.8, 4) is 5.69 Å². The van der Waals surface area contributed by atoms with Crippen LogP contribution in [0.25, 0.3) is 5.69 Å². The van der Waals surface area contributed by atoms with Crippen LogP contribution in [0.3, 0.4) is 0 Å². The van der Waals surface area contributed by atoms with Gasteiger partial charge in [0, 0.05) is 19.2 Å². The van der Waals surface area contributed by atoms with Crippen molar-refractivity contribution in [2.75, 3.05) is 18.4 Å². The highest BCUT2D eigenvalue weighted by Gasteiger charge is 2.19. The number of halogens is 1. The molecule has 0 radical (unpaired) electrons. The molecular weight excluding hydrogens is 377 g/mol. The molecule has 150 valence electrons. The SMILES string of the molecule is Cc1nn(-c2ccc(F)cc2)c(C)c1C(=O)NCCNc1ccccc1[N+](=O)[O-]. The predicted octanol–water partition coefficient (Wildman–Crippen LogP) is 3.38. The molecule has 0 aliphatic rings. The minimum absolute atomic E-state index is 0.0221. The third kappa shape index (κ3) is 4.40. The van der Waals surface area contributed by atoms with Gasteiger partial charge in [-0.2, -0.15) is 5.10 Å². The Morgan fingerprint density at radius 3 is 2.52 bits per heavy atom. The summed E-state index contributed by atoms with van der Waals surface area (Å²) in [6, 6.07) is 12.2. The highest BCUT2D eigenvalue weighted by molar-refractivity contribution is 5.96. The van der Waals surface area contributed by atoms with Crippen LogP contribution in [-0.2, 0) is 0 Å². The smallest absolute Gasteiger partial charge is 0.292 e. The van der Waals surface area contributed by atoms with Crippen LogP contribution in [0, 0.1) is 29.8 Å². The van der Waals surface area contributed by atoms with Crippen molar-refractivity contribution in [3.63, 3.8) is 0 Å². The quantitative estimate of drug-likeness (QED) is 0.361. The average Bonchev–Trinajstić information content (AvgIpc) is 3.00. The van der Waals surface area contributed by atoms with E-state index in [4.69, 9.17) is 0 Å². The van der Waals surface area contributed by atoms with E-state index < -0.39 is 4.92 Å². The van der Waals surface area contributed by atoms with Crippen molar-refractivity contribution in [2.24, 2.45) is 0 Å². The van der Waals surface area contributed by atoms with Gasteiger partial charge in [-0.1, -0.05) is 12.1 Å². The second-order valence-electron chi connectivity index (χ2n) is 6.39. The van der Waals surface area contributed by atoms with Crippen molar-refractivity contribution in [1.29, 1.82) is 0 Å². The Balaban J connectivity index is 1.64. The fraction of sp³-hybridized carbons (Fsp3) is 0.200. The second-order valence-corrected chi connectivity index (χ2v) is 6.39. The number of hydrogen-bond acceptors (Lipinski definition) is 5. The molecule has 0 fully saturated rings. The number of amides is 1. The fourth-order valence-corrected chi connectivity index (χ4v) is 3.05. The maximum Gasteiger partial charge on any atom is 0.292 e. The molecule has 1 amide bonds. The van der Waals surface area contributed by atoms with E-state index in [1.54, 1.807) is 48.9 Å². The van der Waals surface area contributed by atoms with Gasteiger partial charge in [-0.05, 0) is 44.2 Å². The number of benzene rings is 2. The van der Waals surface area contributed by atoms with Gasteiger partial charge in [0.05, 0.1) is 27.6 Å². The van der Waals surface area contributed by atoms with E-state index in [1.165, 1.54) is 18.2 Å². The van der Waals surface area contributed by atoms with Crippen LogP contribution in [0.1, 0.15) is 21.7 Å². The Morgan fingerprint density at radius 1 is 1.14 bits per heavy atom. The third-order valence-electron chi connectivity index (χ3n) is 4.42. The predicted molar refractivity (Wildman–Crippen MR) is 107 cm³/mol. The van der Waals surface area contributed by atoms with Crippen LogP contribution < -0.4 is 10.6 Å². The molecule has 0 atom stereocenters. The van der Waals surface area contributed by atoms with Crippen LogP contribution in [0.5, 0.6) is 0 Å². The topological polar surface area (TPSA) is 102 Å². The Hall–Kier alpha value is -3.75. The Bertz CT molecular complexity index is 1050. The number of aryl methyl sites for hydroxylation is 1. The maximum atomic E-state index is 13.1. The van der Waals surface area contributed by atoms with Gasteiger partial charge in [0.2, 0.25) is 0 Å². The van der Waals surface area contributed by atoms with E-state index in [2.05, 4.69) is 15.7 Å². The number of aromatic nitrogens is 2. The molecule has 9 heteroatoms. The lowest BCUT2D eigenvalue weighted by atomic mass is 10.2. The van der Waals surface area contributed by atoms with Gasteiger partial charge in [-0.15, -0.1) is 0 Å². The van der Waals surface area contributed by atoms with E-state index >= 15 is 0 Å². The first kappa shape index (κ1) is 20.0. The molecule has 0 saturated heterocycles. The number of rotatable bonds is 7. The van der Waals surface area contributed by atoms with E-state index in [1.807, 2.05) is 0 Å². The number of carbonyl (C=O) groups is 1. The van der Waals surface area contributed by atoms with E-state index in [0.29, 0.717) is 34.9 Å². The summed E-state index contributed by atoms with van der Waals surface area (Å²) in [5.41, 5.74) is 2.66. The summed E-state index contributed by atoms with van der Waals surface area (Å²) in [4.78, 5) is 23.2. The Kier molecular flexibility index (Phi) is 5.87. The van der Waals surface area contributed by atoms with Crippen molar-refractivity contribution in [3.05, 3.63) is 81.4 Å². The van der Waals surface area contributed by atoms with Crippen LogP contribution in [0.4, 0.5) is 15.8 Å². The summed E-state index contributed by atoms with van der Waals surface area (Å²) in [5.74, 6) is -0.642. The lowest BCUT2D eigenvalue weighted by molar-refractivity contribution is -0.384. The Morgan fingerprint density at radius 2 is 1.83 bits per heavy atom. The third-order valence-corrected chi connectivity index (χ3v) is 4.42. The largest absolute Gasteiger partial charge is 0.378 e. The minimum Gasteiger partial charge on any atom is -0.378 e. The number of nitro benzene ring substituents is 1. The summed E-state index contributed by atoms with van der Waals surface area (Å²) in [7, 11) is 0. The molecule has 29 heavy (non-hydrogen) atoms. The molecule has 0 spiro atoms. The highest BCUT2D eigenvalue weighted by Crippen LogP contribution is 2.22. The van der Waals surface area contributed by atoms with Gasteiger partial charge in [0.25, 0.3) is 11.6 Å². The standard InChI is InChI=1S/C20H20FN5O3/c1-13-19(14(2)25(24-13)16-9-7-15(21)8-10-16)20(27)23-12-11-22-17-5-3-4-6-18(17)26(28)29/h3-10,22H,11-12H2,1-2H3,(H,23,27). The molecule has 2 aromatic carbocycles. The molecule has 1 heterocycles. The maximum absolute atomic E-state index is 13.1. The fourth-order valence-electron chi connectivity index (χ4n) is 3.05. The summed E-state index contributed by atoms with van der Waals surface area (Å²) in [5, 5.41) is 21.2. The number of anilines is 1. The van der Waals surface area contributed by atoms with E-state index in [0.717, 1.165) is 0 Å². The van der Waals surface area contributed by atoms with Gasteiger partial charge in [-0.25, -0.2) is 9.07 Å². The lowest BCUT2D eigenvalue weighted by Crippen LogP contribution is -2.29. The number of nitrogens with one attached hydrogen (secondary N) is 2. The highest BCUT2D eigenvalue weighted by atomic mass is 19.1. The van der Waals surface area contributed by atoms with Gasteiger partial charge in [0.15, 0.2) is 0 Å². The van der Waals surface area contributed by atoms with Crippen LogP contribution in [0.15, 0.2) is 48.5 Å². The number of para-hydroxylation sites is 2. The minimum atomic E-state index is -0.461. The number of nitro groups is 1. The Labute approximate surface area is 166 Å². The van der Waals surface area contributed by atoms with Crippen molar-refractivity contribution >= 4 is 17.3 Å². The summed E-state index contributed by atoms with van der Waals surface area (Å²) in [6.07, 6.45) is 0. The first-order valence-electron chi connectivity index (χ1n) is 8.96. The number of nitrogens with zero attached hydrogens (tertiary/aromatic N) is 3. The van der Waals surface area contributed by atoms with Crippen LogP contribution >= 0.6 is 0 Å². The normalized spacial score (nSPS) is 10.6. The van der Waals surface area contributed by atoms with Crippen LogP contribution in [0.2, 0.25) is 0 Å². The van der Waals surface area contributed by atoms with Gasteiger partial charge < -0.3 is 10.6 Å². The first-order valence-corrected chi connectivity index (χ1v) is 8.96. The first-order chi connectivity index (χ1) is 13.9. The second kappa shape index (κ2) is 8.51. The molecule has 0 saturated carbocycles. The molecule has 3 aromatic rings. The monoisotopic (exact) mass is 397 g/mol. The average molecular weight is 397 g/mol. The molecule has 0 aliphatic heterocycles. The van der Waals surface area contributed by atoms with Gasteiger partial charge in [0.1, 0.15) is 11.5 Å². The van der Waals surface area contributed by atoms with E-state index in [9.17, 15) is 19.3 Å². The zero-order valence-electron chi connectivity index (χ0n) is 16.0. The number of hydrogen-bond donors (Lipinski definition) is 2. The van der Waals surface area contributed by atoms with Crippen molar-refractivity contribution in [2.45, 2.75) is 13.8 Å². The zero-order chi connectivity index (χ0) is 21.0. The molecule has 3 rings (SSSR count). The van der Waals surface area contributed by atoms with Gasteiger partial charge in [-0.3, -0.25) is 14.9 Å². The molecule has 0 aliphatic carbocycles. The van der Waals surface area contributed by atoms with Gasteiger partial charge >= 0.3 is 0 Å². The molecule has 0 unspecified atom stereocenters. The molecule has 2 N–H and O–H groups in total. The summed E-state index contributed by atoms with van der Waals surface area (Å²) >= 11 is 0. The number of carbonyl (C=O) groups excluding carboxylic acids is 1. The van der Waals surface area contributed by atoms with Crippen LogP contribution in [-0.4, -0.2) is 33.7 Å². The zero-order valence-corrected chi connectivity index (χ0v) is 16.0. The van der Waals surface area contributed by atoms with E-state index in [-0.39, 0.29) is 24.0 Å². The summed E-state index contributed by atoms with van der Waals surface area (Å²) < 4.78 is 14.7. The molecule has 0 bridgehead atoms. The molecule has 8 nitrogen and oxygen atoms in total. The lowest BCUT2D eigenvalue weighted by Gasteiger charge is -2.09. The molecular formula is C20H20FN5O3. The van der Waals surface area contributed by atoms with Crippen molar-refractivity contribution < 1.29 is 14.1 Å².